The maximum Gasteiger partial charge on any atom is 0.301 e. The largest absolute Gasteiger partial charge is 0.507 e. The molecule has 1 aromatic heterocycles. The zero-order chi connectivity index (χ0) is 23.2. The quantitative estimate of drug-likeness (QED) is 0.326. The van der Waals surface area contributed by atoms with Crippen LogP contribution in [0.2, 0.25) is 5.02 Å². The third-order valence-electron chi connectivity index (χ3n) is 5.23. The molecular weight excluding hydrogens is 435 g/mol. The normalized spacial score (nSPS) is 18.4. The van der Waals surface area contributed by atoms with Crippen molar-refractivity contribution < 1.29 is 23.6 Å². The first kappa shape index (κ1) is 21.8. The van der Waals surface area contributed by atoms with Gasteiger partial charge in [-0.2, -0.15) is 0 Å². The van der Waals surface area contributed by atoms with E-state index >= 15 is 0 Å². The summed E-state index contributed by atoms with van der Waals surface area (Å²) in [5.41, 5.74) is 0.230. The van der Waals surface area contributed by atoms with Crippen molar-refractivity contribution in [3.8, 4) is 0 Å². The van der Waals surface area contributed by atoms with Crippen molar-refractivity contribution in [3.63, 3.8) is 0 Å². The molecule has 1 aliphatic heterocycles. The van der Waals surface area contributed by atoms with E-state index in [1.165, 1.54) is 24.3 Å². The summed E-state index contributed by atoms with van der Waals surface area (Å²) in [4.78, 5) is 27.3. The van der Waals surface area contributed by atoms with Gasteiger partial charge in [0.05, 0.1) is 11.6 Å². The number of amides is 1. The molecule has 0 saturated carbocycles. The summed E-state index contributed by atoms with van der Waals surface area (Å²) in [5.74, 6) is -1.95. The number of benzene rings is 2. The standard InChI is InChI=1S/C24H20ClFN2O4/c1-24(2,3)17-12-18(27-32-17)28-20(13-6-10-16(26)11-7-13)19(22(30)23(28)31)21(29)14-4-8-15(25)9-5-14/h4-12,20,29H,1-3H3. The lowest BCUT2D eigenvalue weighted by molar-refractivity contribution is -0.132. The Bertz CT molecular complexity index is 1220. The van der Waals surface area contributed by atoms with Crippen LogP contribution >= 0.6 is 11.6 Å². The van der Waals surface area contributed by atoms with Crippen LogP contribution in [0.1, 0.15) is 43.7 Å². The smallest absolute Gasteiger partial charge is 0.301 e. The molecule has 1 saturated heterocycles. The summed E-state index contributed by atoms with van der Waals surface area (Å²) < 4.78 is 19.0. The lowest BCUT2D eigenvalue weighted by Gasteiger charge is -2.23. The molecule has 8 heteroatoms. The molecule has 1 unspecified atom stereocenters. The van der Waals surface area contributed by atoms with E-state index in [0.29, 0.717) is 21.9 Å². The Morgan fingerprint density at radius 1 is 1.09 bits per heavy atom. The van der Waals surface area contributed by atoms with Crippen LogP contribution in [0.3, 0.4) is 0 Å². The average molecular weight is 455 g/mol. The molecule has 0 aliphatic carbocycles. The Balaban J connectivity index is 1.91. The lowest BCUT2D eigenvalue weighted by atomic mass is 9.93. The van der Waals surface area contributed by atoms with E-state index in [1.807, 2.05) is 20.8 Å². The topological polar surface area (TPSA) is 83.6 Å². The van der Waals surface area contributed by atoms with Gasteiger partial charge >= 0.3 is 5.91 Å². The second kappa shape index (κ2) is 7.91. The van der Waals surface area contributed by atoms with Crippen LogP contribution in [0.15, 0.2) is 64.7 Å². The van der Waals surface area contributed by atoms with Gasteiger partial charge in [-0.05, 0) is 42.0 Å². The summed E-state index contributed by atoms with van der Waals surface area (Å²) in [6.45, 7) is 5.76. The molecule has 1 atom stereocenters. The Kier molecular flexibility index (Phi) is 5.38. The molecular formula is C24H20ClFN2O4. The predicted molar refractivity (Wildman–Crippen MR) is 118 cm³/mol. The molecule has 1 amide bonds. The molecule has 4 rings (SSSR count). The van der Waals surface area contributed by atoms with Crippen LogP contribution in [0.5, 0.6) is 0 Å². The summed E-state index contributed by atoms with van der Waals surface area (Å²) in [5, 5.41) is 15.5. The van der Waals surface area contributed by atoms with Gasteiger partial charge in [-0.25, -0.2) is 4.39 Å². The van der Waals surface area contributed by atoms with Crippen molar-refractivity contribution in [3.05, 3.63) is 87.9 Å². The molecule has 0 bridgehead atoms. The number of nitrogens with zero attached hydrogens (tertiary/aromatic N) is 2. The van der Waals surface area contributed by atoms with E-state index in [4.69, 9.17) is 16.1 Å². The van der Waals surface area contributed by atoms with Crippen molar-refractivity contribution in [1.29, 1.82) is 0 Å². The highest BCUT2D eigenvalue weighted by Crippen LogP contribution is 2.42. The average Bonchev–Trinajstić information content (AvgIpc) is 3.32. The van der Waals surface area contributed by atoms with E-state index in [-0.39, 0.29) is 22.6 Å². The van der Waals surface area contributed by atoms with Gasteiger partial charge in [-0.3, -0.25) is 14.5 Å². The number of carbonyl (C=O) groups excluding carboxylic acids is 2. The third-order valence-corrected chi connectivity index (χ3v) is 5.48. The summed E-state index contributed by atoms with van der Waals surface area (Å²) in [7, 11) is 0. The van der Waals surface area contributed by atoms with Crippen molar-refractivity contribution in [2.24, 2.45) is 0 Å². The molecule has 3 aromatic rings. The number of Topliss-reactive ketones (excluding diaryl/α,β-unsaturated/α-hetero) is 1. The van der Waals surface area contributed by atoms with Gasteiger partial charge in [0.1, 0.15) is 17.3 Å². The Hall–Kier alpha value is -3.45. The highest BCUT2D eigenvalue weighted by atomic mass is 35.5. The van der Waals surface area contributed by atoms with Crippen molar-refractivity contribution >= 4 is 34.9 Å². The van der Waals surface area contributed by atoms with E-state index in [1.54, 1.807) is 30.3 Å². The first-order chi connectivity index (χ1) is 15.1. The van der Waals surface area contributed by atoms with Gasteiger partial charge in [0.2, 0.25) is 0 Å². The fraction of sp³-hybridized carbons (Fsp3) is 0.208. The number of aromatic nitrogens is 1. The summed E-state index contributed by atoms with van der Waals surface area (Å²) >= 11 is 5.93. The molecule has 164 valence electrons. The second-order valence-electron chi connectivity index (χ2n) is 8.53. The third kappa shape index (κ3) is 3.80. The minimum atomic E-state index is -1.02. The fourth-order valence-electron chi connectivity index (χ4n) is 3.53. The zero-order valence-corrected chi connectivity index (χ0v) is 18.4. The van der Waals surface area contributed by atoms with Crippen LogP contribution in [-0.2, 0) is 15.0 Å². The highest BCUT2D eigenvalue weighted by molar-refractivity contribution is 6.51. The van der Waals surface area contributed by atoms with E-state index in [0.717, 1.165) is 4.90 Å². The summed E-state index contributed by atoms with van der Waals surface area (Å²) in [6, 6.07) is 12.1. The van der Waals surface area contributed by atoms with Crippen LogP contribution in [0, 0.1) is 5.82 Å². The van der Waals surface area contributed by atoms with Gasteiger partial charge in [0, 0.05) is 22.1 Å². The van der Waals surface area contributed by atoms with Gasteiger partial charge in [0.25, 0.3) is 5.78 Å². The van der Waals surface area contributed by atoms with Crippen molar-refractivity contribution in [2.75, 3.05) is 4.90 Å². The number of rotatable bonds is 3. The lowest BCUT2D eigenvalue weighted by Crippen LogP contribution is -2.29. The maximum atomic E-state index is 13.6. The monoisotopic (exact) mass is 454 g/mol. The molecule has 1 aliphatic rings. The molecule has 32 heavy (non-hydrogen) atoms. The SMILES string of the molecule is CC(C)(C)c1cc(N2C(=O)C(=O)C(=C(O)c3ccc(Cl)cc3)C2c2ccc(F)cc2)no1. The van der Waals surface area contributed by atoms with Crippen LogP contribution in [0.25, 0.3) is 5.76 Å². The first-order valence-corrected chi connectivity index (χ1v) is 10.3. The van der Waals surface area contributed by atoms with Gasteiger partial charge in [-0.1, -0.05) is 49.7 Å². The fourth-order valence-corrected chi connectivity index (χ4v) is 3.65. The van der Waals surface area contributed by atoms with E-state index < -0.39 is 23.5 Å². The predicted octanol–water partition coefficient (Wildman–Crippen LogP) is 5.39. The number of anilines is 1. The van der Waals surface area contributed by atoms with Crippen LogP contribution in [-0.4, -0.2) is 22.0 Å². The zero-order valence-electron chi connectivity index (χ0n) is 17.6. The van der Waals surface area contributed by atoms with Crippen LogP contribution < -0.4 is 4.90 Å². The Labute approximate surface area is 188 Å². The number of hydrogen-bond acceptors (Lipinski definition) is 5. The highest BCUT2D eigenvalue weighted by Gasteiger charge is 2.48. The van der Waals surface area contributed by atoms with E-state index in [9.17, 15) is 19.1 Å². The molecule has 1 N–H and O–H groups in total. The first-order valence-electron chi connectivity index (χ1n) is 9.87. The number of aliphatic hydroxyl groups is 1. The maximum absolute atomic E-state index is 13.6. The number of aliphatic hydroxyl groups excluding tert-OH is 1. The molecule has 0 radical (unpaired) electrons. The van der Waals surface area contributed by atoms with Gasteiger partial charge in [-0.15, -0.1) is 0 Å². The van der Waals surface area contributed by atoms with E-state index in [2.05, 4.69) is 5.16 Å². The Morgan fingerprint density at radius 3 is 2.28 bits per heavy atom. The van der Waals surface area contributed by atoms with Crippen molar-refractivity contribution in [1.82, 2.24) is 5.16 Å². The van der Waals surface area contributed by atoms with Crippen LogP contribution in [0.4, 0.5) is 10.2 Å². The van der Waals surface area contributed by atoms with Gasteiger partial charge < -0.3 is 9.63 Å². The minimum Gasteiger partial charge on any atom is -0.507 e. The molecule has 2 heterocycles. The number of halogens is 2. The van der Waals surface area contributed by atoms with Crippen molar-refractivity contribution in [2.45, 2.75) is 32.2 Å². The minimum absolute atomic E-state index is 0.126. The molecule has 6 nitrogen and oxygen atoms in total. The molecule has 2 aromatic carbocycles. The molecule has 0 spiro atoms. The number of ketones is 1. The summed E-state index contributed by atoms with van der Waals surface area (Å²) in [6.07, 6.45) is 0. The number of hydrogen-bond donors (Lipinski definition) is 1. The number of carbonyl (C=O) groups is 2. The van der Waals surface area contributed by atoms with Gasteiger partial charge in [0.15, 0.2) is 5.82 Å². The Morgan fingerprint density at radius 2 is 1.72 bits per heavy atom. The molecule has 1 fully saturated rings. The second-order valence-corrected chi connectivity index (χ2v) is 8.96.